The Morgan fingerprint density at radius 1 is 1.18 bits per heavy atom. The van der Waals surface area contributed by atoms with Crippen LogP contribution in [-0.2, 0) is 0 Å². The molecule has 0 aliphatic heterocycles. The van der Waals surface area contributed by atoms with Crippen molar-refractivity contribution in [3.05, 3.63) is 0 Å². The summed E-state index contributed by atoms with van der Waals surface area (Å²) in [6.07, 6.45) is 11.0. The number of hydrogen-bond donors (Lipinski definition) is 1. The second kappa shape index (κ2) is 7.38. The molecule has 0 heterocycles. The van der Waals surface area contributed by atoms with Crippen LogP contribution in [0.15, 0.2) is 0 Å². The van der Waals surface area contributed by atoms with Crippen LogP contribution in [0.4, 0.5) is 0 Å². The zero-order chi connectivity index (χ0) is 12.7. The first kappa shape index (κ1) is 15.0. The topological polar surface area (TPSA) is 15.3 Å². The van der Waals surface area contributed by atoms with Crippen molar-refractivity contribution in [2.45, 2.75) is 76.8 Å². The summed E-state index contributed by atoms with van der Waals surface area (Å²) >= 11 is 0. The van der Waals surface area contributed by atoms with E-state index in [0.29, 0.717) is 11.6 Å². The van der Waals surface area contributed by atoms with Crippen molar-refractivity contribution in [3.8, 4) is 0 Å². The molecule has 1 rings (SSSR count). The molecule has 0 spiro atoms. The van der Waals surface area contributed by atoms with E-state index in [1.54, 1.807) is 0 Å². The van der Waals surface area contributed by atoms with Crippen molar-refractivity contribution in [3.63, 3.8) is 0 Å². The van der Waals surface area contributed by atoms with Gasteiger partial charge in [-0.2, -0.15) is 0 Å². The van der Waals surface area contributed by atoms with Gasteiger partial charge in [-0.1, -0.05) is 39.0 Å². The molecule has 1 aliphatic rings. The summed E-state index contributed by atoms with van der Waals surface area (Å²) in [5.74, 6) is 0. The molecule has 17 heavy (non-hydrogen) atoms. The maximum absolute atomic E-state index is 3.77. The molecule has 1 unspecified atom stereocenters. The van der Waals surface area contributed by atoms with Crippen molar-refractivity contribution >= 4 is 0 Å². The molecular formula is C15H32N2. The number of hydrogen-bond acceptors (Lipinski definition) is 2. The summed E-state index contributed by atoms with van der Waals surface area (Å²) in [4.78, 5) is 2.46. The van der Waals surface area contributed by atoms with E-state index in [2.05, 4.69) is 38.2 Å². The van der Waals surface area contributed by atoms with Gasteiger partial charge in [0.2, 0.25) is 0 Å². The zero-order valence-electron chi connectivity index (χ0n) is 12.4. The lowest BCUT2D eigenvalue weighted by molar-refractivity contribution is 0.0954. The van der Waals surface area contributed by atoms with Gasteiger partial charge in [0.15, 0.2) is 0 Å². The van der Waals surface area contributed by atoms with Crippen molar-refractivity contribution in [1.82, 2.24) is 10.2 Å². The highest BCUT2D eigenvalue weighted by atomic mass is 15.2. The summed E-state index contributed by atoms with van der Waals surface area (Å²) < 4.78 is 0. The number of nitrogens with one attached hydrogen (secondary N) is 1. The van der Waals surface area contributed by atoms with Crippen molar-refractivity contribution in [2.75, 3.05) is 20.6 Å². The fraction of sp³-hybridized carbons (Fsp3) is 1.00. The molecule has 0 amide bonds. The van der Waals surface area contributed by atoms with E-state index >= 15 is 0 Å². The predicted octanol–water partition coefficient (Wildman–Crippen LogP) is 3.42. The average Bonchev–Trinajstić information content (AvgIpc) is 2.34. The first-order valence-electron chi connectivity index (χ1n) is 7.51. The Balaban J connectivity index is 2.39. The molecule has 1 saturated carbocycles. The van der Waals surface area contributed by atoms with E-state index in [1.807, 2.05) is 0 Å². The maximum Gasteiger partial charge on any atom is 0.0327 e. The Bertz CT molecular complexity index is 195. The van der Waals surface area contributed by atoms with E-state index in [4.69, 9.17) is 0 Å². The number of nitrogens with zero attached hydrogens (tertiary/aromatic N) is 1. The average molecular weight is 240 g/mol. The van der Waals surface area contributed by atoms with Gasteiger partial charge < -0.3 is 10.2 Å². The van der Waals surface area contributed by atoms with Crippen LogP contribution in [0.5, 0.6) is 0 Å². The lowest BCUT2D eigenvalue weighted by atomic mass is 9.80. The third-order valence-electron chi connectivity index (χ3n) is 4.50. The third-order valence-corrected chi connectivity index (χ3v) is 4.50. The van der Waals surface area contributed by atoms with Gasteiger partial charge in [0.05, 0.1) is 0 Å². The molecule has 1 aliphatic carbocycles. The number of likely N-dealkylation sites (N-methyl/N-ethyl adjacent to an activating group) is 1. The smallest absolute Gasteiger partial charge is 0.0327 e. The number of unbranched alkanes of at least 4 members (excludes halogenated alkanes) is 1. The van der Waals surface area contributed by atoms with Crippen LogP contribution in [-0.4, -0.2) is 37.1 Å². The Kier molecular flexibility index (Phi) is 6.50. The second-order valence-corrected chi connectivity index (χ2v) is 6.10. The molecule has 2 heteroatoms. The molecule has 1 N–H and O–H groups in total. The van der Waals surface area contributed by atoms with Gasteiger partial charge in [-0.3, -0.25) is 0 Å². The van der Waals surface area contributed by atoms with Gasteiger partial charge in [-0.05, 0) is 40.3 Å². The highest BCUT2D eigenvalue weighted by Crippen LogP contribution is 2.31. The lowest BCUT2D eigenvalue weighted by Gasteiger charge is -2.44. The quantitative estimate of drug-likeness (QED) is 0.733. The van der Waals surface area contributed by atoms with Gasteiger partial charge in [-0.15, -0.1) is 0 Å². The van der Waals surface area contributed by atoms with Crippen LogP contribution < -0.4 is 5.32 Å². The maximum atomic E-state index is 3.77. The summed E-state index contributed by atoms with van der Waals surface area (Å²) in [6, 6.07) is 0.675. The summed E-state index contributed by atoms with van der Waals surface area (Å²) in [7, 11) is 4.51. The van der Waals surface area contributed by atoms with E-state index < -0.39 is 0 Å². The zero-order valence-corrected chi connectivity index (χ0v) is 12.4. The first-order chi connectivity index (χ1) is 8.10. The van der Waals surface area contributed by atoms with Gasteiger partial charge >= 0.3 is 0 Å². The fourth-order valence-corrected chi connectivity index (χ4v) is 2.97. The van der Waals surface area contributed by atoms with Crippen LogP contribution >= 0.6 is 0 Å². The largest absolute Gasteiger partial charge is 0.312 e. The molecule has 0 saturated heterocycles. The molecule has 0 radical (unpaired) electrons. The van der Waals surface area contributed by atoms with Crippen LogP contribution in [0, 0.1) is 0 Å². The van der Waals surface area contributed by atoms with Crippen molar-refractivity contribution in [2.24, 2.45) is 0 Å². The van der Waals surface area contributed by atoms with Gasteiger partial charge in [0.1, 0.15) is 0 Å². The molecule has 0 aromatic heterocycles. The minimum absolute atomic E-state index is 0.429. The van der Waals surface area contributed by atoms with Crippen molar-refractivity contribution in [1.29, 1.82) is 0 Å². The van der Waals surface area contributed by atoms with Crippen LogP contribution in [0.25, 0.3) is 0 Å². The predicted molar refractivity (Wildman–Crippen MR) is 76.5 cm³/mol. The second-order valence-electron chi connectivity index (χ2n) is 6.10. The molecule has 0 aromatic carbocycles. The molecule has 2 nitrogen and oxygen atoms in total. The molecule has 0 aromatic rings. The van der Waals surface area contributed by atoms with Crippen LogP contribution in [0.2, 0.25) is 0 Å². The molecule has 1 atom stereocenters. The summed E-state index contributed by atoms with van der Waals surface area (Å²) in [5, 5.41) is 3.77. The summed E-state index contributed by atoms with van der Waals surface area (Å²) in [6.45, 7) is 5.78. The minimum atomic E-state index is 0.429. The summed E-state index contributed by atoms with van der Waals surface area (Å²) in [5.41, 5.74) is 0.429. The Morgan fingerprint density at radius 2 is 1.82 bits per heavy atom. The molecule has 0 bridgehead atoms. The van der Waals surface area contributed by atoms with E-state index in [1.165, 1.54) is 57.9 Å². The van der Waals surface area contributed by atoms with Crippen molar-refractivity contribution < 1.29 is 0 Å². The van der Waals surface area contributed by atoms with E-state index in [9.17, 15) is 0 Å². The lowest BCUT2D eigenvalue weighted by Crippen LogP contribution is -2.54. The van der Waals surface area contributed by atoms with Crippen LogP contribution in [0.1, 0.15) is 65.2 Å². The van der Waals surface area contributed by atoms with Gasteiger partial charge in [0, 0.05) is 18.1 Å². The minimum Gasteiger partial charge on any atom is -0.312 e. The SMILES string of the molecule is CCCCC(C)NCC1(N(C)C)CCCCC1. The van der Waals surface area contributed by atoms with E-state index in [0.717, 1.165) is 0 Å². The standard InChI is InChI=1S/C15H32N2/c1-5-6-10-14(2)16-13-15(17(3)4)11-8-7-9-12-15/h14,16H,5-13H2,1-4H3. The van der Waals surface area contributed by atoms with Gasteiger partial charge in [0.25, 0.3) is 0 Å². The van der Waals surface area contributed by atoms with Crippen LogP contribution in [0.3, 0.4) is 0 Å². The fourth-order valence-electron chi connectivity index (χ4n) is 2.97. The Labute approximate surface area is 108 Å². The normalized spacial score (nSPS) is 21.7. The van der Waals surface area contributed by atoms with Gasteiger partial charge in [-0.25, -0.2) is 0 Å². The molecular weight excluding hydrogens is 208 g/mol. The number of rotatable bonds is 7. The Hall–Kier alpha value is -0.0800. The third kappa shape index (κ3) is 4.59. The Morgan fingerprint density at radius 3 is 2.35 bits per heavy atom. The molecule has 102 valence electrons. The monoisotopic (exact) mass is 240 g/mol. The molecule has 1 fully saturated rings. The highest BCUT2D eigenvalue weighted by Gasteiger charge is 2.33. The first-order valence-corrected chi connectivity index (χ1v) is 7.51. The highest BCUT2D eigenvalue weighted by molar-refractivity contribution is 4.93. The van der Waals surface area contributed by atoms with E-state index in [-0.39, 0.29) is 0 Å².